The molecule has 1 aliphatic rings. The summed E-state index contributed by atoms with van der Waals surface area (Å²) in [7, 11) is 0. The van der Waals surface area contributed by atoms with Gasteiger partial charge in [0, 0.05) is 24.5 Å². The fourth-order valence-electron chi connectivity index (χ4n) is 1.78. The lowest BCUT2D eigenvalue weighted by Gasteiger charge is -2.12. The Kier molecular flexibility index (Phi) is 4.72. The zero-order valence-corrected chi connectivity index (χ0v) is 11.8. The molecule has 4 nitrogen and oxygen atoms in total. The molecule has 1 fully saturated rings. The van der Waals surface area contributed by atoms with Gasteiger partial charge >= 0.3 is 0 Å². The van der Waals surface area contributed by atoms with Crippen LogP contribution in [0.5, 0.6) is 0 Å². The molecule has 18 heavy (non-hydrogen) atoms. The van der Waals surface area contributed by atoms with E-state index < -0.39 is 0 Å². The van der Waals surface area contributed by atoms with E-state index in [2.05, 4.69) is 15.6 Å². The molecule has 0 bridgehead atoms. The third-order valence-corrected chi connectivity index (χ3v) is 4.16. The van der Waals surface area contributed by atoms with Crippen LogP contribution in [0.2, 0.25) is 5.02 Å². The second-order valence-electron chi connectivity index (χ2n) is 4.12. The van der Waals surface area contributed by atoms with Gasteiger partial charge in [-0.3, -0.25) is 4.79 Å². The Morgan fingerprint density at radius 2 is 2.50 bits per heavy atom. The van der Waals surface area contributed by atoms with E-state index in [1.165, 1.54) is 0 Å². The highest BCUT2D eigenvalue weighted by Gasteiger charge is 2.19. The Bertz CT molecular complexity index is 435. The van der Waals surface area contributed by atoms with Crippen molar-refractivity contribution in [1.82, 2.24) is 10.3 Å². The monoisotopic (exact) mass is 285 g/mol. The van der Waals surface area contributed by atoms with Gasteiger partial charge in [-0.15, -0.1) is 0 Å². The molecule has 1 aliphatic heterocycles. The molecule has 2 heterocycles. The van der Waals surface area contributed by atoms with Crippen molar-refractivity contribution in [2.75, 3.05) is 23.4 Å². The number of rotatable bonds is 4. The van der Waals surface area contributed by atoms with Gasteiger partial charge in [0.2, 0.25) is 0 Å². The summed E-state index contributed by atoms with van der Waals surface area (Å²) in [5.74, 6) is 2.62. The number of pyridine rings is 1. The van der Waals surface area contributed by atoms with Crippen LogP contribution < -0.4 is 10.6 Å². The standard InChI is InChI=1S/C12H16ClN3OS/c1-2-14-11-10(13)5-8(6-15-11)12(17)16-9-3-4-18-7-9/h5-6,9H,2-4,7H2,1H3,(H,14,15)(H,16,17). The summed E-state index contributed by atoms with van der Waals surface area (Å²) in [5.41, 5.74) is 0.513. The second kappa shape index (κ2) is 6.29. The normalized spacial score (nSPS) is 18.7. The molecule has 1 aromatic rings. The van der Waals surface area contributed by atoms with Crippen LogP contribution in [0.3, 0.4) is 0 Å². The first-order chi connectivity index (χ1) is 8.70. The molecule has 1 atom stereocenters. The second-order valence-corrected chi connectivity index (χ2v) is 5.68. The predicted octanol–water partition coefficient (Wildman–Crippen LogP) is 2.40. The zero-order chi connectivity index (χ0) is 13.0. The summed E-state index contributed by atoms with van der Waals surface area (Å²) < 4.78 is 0. The molecule has 0 spiro atoms. The summed E-state index contributed by atoms with van der Waals surface area (Å²) in [6, 6.07) is 1.93. The average molecular weight is 286 g/mol. The van der Waals surface area contributed by atoms with Crippen molar-refractivity contribution in [3.63, 3.8) is 0 Å². The SMILES string of the molecule is CCNc1ncc(C(=O)NC2CCSC2)cc1Cl. The maximum absolute atomic E-state index is 12.0. The lowest BCUT2D eigenvalue weighted by molar-refractivity contribution is 0.0941. The molecule has 2 N–H and O–H groups in total. The number of halogens is 1. The Morgan fingerprint density at radius 3 is 3.11 bits per heavy atom. The smallest absolute Gasteiger partial charge is 0.253 e. The molecule has 1 amide bonds. The summed E-state index contributed by atoms with van der Waals surface area (Å²) in [6.07, 6.45) is 2.59. The summed E-state index contributed by atoms with van der Waals surface area (Å²) in [5, 5.41) is 6.51. The van der Waals surface area contributed by atoms with Gasteiger partial charge in [0.1, 0.15) is 5.82 Å². The van der Waals surface area contributed by atoms with Gasteiger partial charge in [0.25, 0.3) is 5.91 Å². The van der Waals surface area contributed by atoms with E-state index in [0.717, 1.165) is 24.5 Å². The Hall–Kier alpha value is -0.940. The van der Waals surface area contributed by atoms with E-state index in [4.69, 9.17) is 11.6 Å². The lowest BCUT2D eigenvalue weighted by Crippen LogP contribution is -2.34. The maximum atomic E-state index is 12.0. The van der Waals surface area contributed by atoms with E-state index in [-0.39, 0.29) is 11.9 Å². The molecule has 98 valence electrons. The maximum Gasteiger partial charge on any atom is 0.253 e. The Balaban J connectivity index is 2.03. The number of anilines is 1. The third kappa shape index (κ3) is 3.29. The van der Waals surface area contributed by atoms with Crippen LogP contribution in [-0.4, -0.2) is 35.0 Å². The first-order valence-corrected chi connectivity index (χ1v) is 7.52. The van der Waals surface area contributed by atoms with Crippen molar-refractivity contribution in [1.29, 1.82) is 0 Å². The molecule has 0 saturated carbocycles. The number of nitrogens with zero attached hydrogens (tertiary/aromatic N) is 1. The van der Waals surface area contributed by atoms with Gasteiger partial charge in [-0.2, -0.15) is 11.8 Å². The minimum atomic E-state index is -0.0973. The number of aromatic nitrogens is 1. The van der Waals surface area contributed by atoms with E-state index in [0.29, 0.717) is 16.4 Å². The van der Waals surface area contributed by atoms with Crippen LogP contribution in [-0.2, 0) is 0 Å². The zero-order valence-electron chi connectivity index (χ0n) is 10.2. The van der Waals surface area contributed by atoms with Crippen LogP contribution in [0, 0.1) is 0 Å². The van der Waals surface area contributed by atoms with Gasteiger partial charge < -0.3 is 10.6 Å². The van der Waals surface area contributed by atoms with E-state index in [1.54, 1.807) is 12.3 Å². The van der Waals surface area contributed by atoms with E-state index >= 15 is 0 Å². The number of nitrogens with one attached hydrogen (secondary N) is 2. The summed E-state index contributed by atoms with van der Waals surface area (Å²) >= 11 is 7.92. The number of carbonyl (C=O) groups excluding carboxylic acids is 1. The third-order valence-electron chi connectivity index (χ3n) is 2.71. The fourth-order valence-corrected chi connectivity index (χ4v) is 3.16. The van der Waals surface area contributed by atoms with Crippen molar-refractivity contribution in [2.45, 2.75) is 19.4 Å². The van der Waals surface area contributed by atoms with Gasteiger partial charge in [-0.05, 0) is 25.2 Å². The molecule has 0 aliphatic carbocycles. The van der Waals surface area contributed by atoms with E-state index in [1.807, 2.05) is 18.7 Å². The van der Waals surface area contributed by atoms with Crippen LogP contribution in [0.15, 0.2) is 12.3 Å². The Morgan fingerprint density at radius 1 is 1.67 bits per heavy atom. The van der Waals surface area contributed by atoms with Crippen molar-refractivity contribution < 1.29 is 4.79 Å². The molecule has 0 radical (unpaired) electrons. The number of hydrogen-bond donors (Lipinski definition) is 2. The molecular formula is C12H16ClN3OS. The van der Waals surface area contributed by atoms with Crippen molar-refractivity contribution >= 4 is 35.1 Å². The van der Waals surface area contributed by atoms with Crippen molar-refractivity contribution in [3.05, 3.63) is 22.8 Å². The molecule has 1 saturated heterocycles. The quantitative estimate of drug-likeness (QED) is 0.892. The minimum Gasteiger partial charge on any atom is -0.369 e. The molecule has 1 unspecified atom stereocenters. The highest BCUT2D eigenvalue weighted by molar-refractivity contribution is 7.99. The van der Waals surface area contributed by atoms with Gasteiger partial charge in [-0.1, -0.05) is 11.6 Å². The van der Waals surface area contributed by atoms with Crippen molar-refractivity contribution in [3.8, 4) is 0 Å². The van der Waals surface area contributed by atoms with Crippen LogP contribution in [0.4, 0.5) is 5.82 Å². The molecule has 0 aromatic carbocycles. The van der Waals surface area contributed by atoms with Crippen LogP contribution >= 0.6 is 23.4 Å². The van der Waals surface area contributed by atoms with Gasteiger partial charge in [0.15, 0.2) is 0 Å². The fraction of sp³-hybridized carbons (Fsp3) is 0.500. The van der Waals surface area contributed by atoms with Gasteiger partial charge in [-0.25, -0.2) is 4.98 Å². The van der Waals surface area contributed by atoms with Crippen LogP contribution in [0.1, 0.15) is 23.7 Å². The molecule has 2 rings (SSSR count). The minimum absolute atomic E-state index is 0.0973. The molecule has 6 heteroatoms. The highest BCUT2D eigenvalue weighted by Crippen LogP contribution is 2.21. The van der Waals surface area contributed by atoms with E-state index in [9.17, 15) is 4.79 Å². The predicted molar refractivity (Wildman–Crippen MR) is 76.6 cm³/mol. The van der Waals surface area contributed by atoms with Gasteiger partial charge in [0.05, 0.1) is 10.6 Å². The first-order valence-electron chi connectivity index (χ1n) is 5.98. The molecule has 1 aromatic heterocycles. The summed E-state index contributed by atoms with van der Waals surface area (Å²) in [4.78, 5) is 16.1. The summed E-state index contributed by atoms with van der Waals surface area (Å²) in [6.45, 7) is 2.72. The number of carbonyl (C=O) groups is 1. The average Bonchev–Trinajstić information content (AvgIpc) is 2.84. The highest BCUT2D eigenvalue weighted by atomic mass is 35.5. The number of amides is 1. The number of hydrogen-bond acceptors (Lipinski definition) is 4. The lowest BCUT2D eigenvalue weighted by atomic mass is 10.2. The molecular weight excluding hydrogens is 270 g/mol. The van der Waals surface area contributed by atoms with Crippen molar-refractivity contribution in [2.24, 2.45) is 0 Å². The topological polar surface area (TPSA) is 54.0 Å². The Labute approximate surface area is 116 Å². The largest absolute Gasteiger partial charge is 0.369 e. The van der Waals surface area contributed by atoms with Crippen LogP contribution in [0.25, 0.3) is 0 Å². The number of thioether (sulfide) groups is 1. The first kappa shape index (κ1) is 13.5.